The zero-order valence-electron chi connectivity index (χ0n) is 8.70. The van der Waals surface area contributed by atoms with Gasteiger partial charge in [-0.25, -0.2) is 0 Å². The molecule has 0 aromatic rings. The topological polar surface area (TPSA) is 17.1 Å². The first-order valence-corrected chi connectivity index (χ1v) is 6.87. The summed E-state index contributed by atoms with van der Waals surface area (Å²) in [4.78, 5) is 12.2. The molecule has 0 bridgehead atoms. The molecule has 16 heavy (non-hydrogen) atoms. The second kappa shape index (κ2) is 5.28. The van der Waals surface area contributed by atoms with Crippen molar-refractivity contribution in [2.24, 2.45) is 11.8 Å². The molecule has 2 aliphatic rings. The van der Waals surface area contributed by atoms with Crippen LogP contribution < -0.4 is 0 Å². The third-order valence-corrected chi connectivity index (χ3v) is 4.02. The highest BCUT2D eigenvalue weighted by molar-refractivity contribution is 9.12. The lowest BCUT2D eigenvalue weighted by Crippen LogP contribution is -2.22. The van der Waals surface area contributed by atoms with Gasteiger partial charge in [-0.2, -0.15) is 0 Å². The molecule has 0 spiro atoms. The Morgan fingerprint density at radius 2 is 1.44 bits per heavy atom. The normalized spacial score (nSPS) is 28.6. The molecule has 2 rings (SSSR count). The molecule has 2 atom stereocenters. The SMILES string of the molecule is O=C(C1C=CC(Br)=CC1)C1C=CC(Br)=CC1. The number of carbonyl (C=O) groups is 1. The zero-order chi connectivity index (χ0) is 11.5. The molecule has 2 unspecified atom stereocenters. The lowest BCUT2D eigenvalue weighted by atomic mass is 9.85. The van der Waals surface area contributed by atoms with E-state index < -0.39 is 0 Å². The van der Waals surface area contributed by atoms with Crippen LogP contribution in [-0.4, -0.2) is 5.78 Å². The minimum Gasteiger partial charge on any atom is -0.298 e. The third kappa shape index (κ3) is 2.83. The molecule has 3 heteroatoms. The van der Waals surface area contributed by atoms with Crippen LogP contribution in [0.25, 0.3) is 0 Å². The molecule has 0 fully saturated rings. The van der Waals surface area contributed by atoms with Crippen LogP contribution in [0.15, 0.2) is 45.4 Å². The number of hydrogen-bond acceptors (Lipinski definition) is 1. The van der Waals surface area contributed by atoms with Crippen LogP contribution in [0.5, 0.6) is 0 Å². The lowest BCUT2D eigenvalue weighted by Gasteiger charge is -2.19. The van der Waals surface area contributed by atoms with Crippen LogP contribution in [0.2, 0.25) is 0 Å². The zero-order valence-corrected chi connectivity index (χ0v) is 11.9. The van der Waals surface area contributed by atoms with Crippen molar-refractivity contribution in [3.05, 3.63) is 45.4 Å². The second-order valence-electron chi connectivity index (χ2n) is 3.98. The number of carbonyl (C=O) groups excluding carboxylic acids is 1. The molecule has 84 valence electrons. The van der Waals surface area contributed by atoms with Gasteiger partial charge in [-0.15, -0.1) is 0 Å². The quantitative estimate of drug-likeness (QED) is 0.731. The molecule has 0 amide bonds. The fraction of sp³-hybridized carbons (Fsp3) is 0.308. The highest BCUT2D eigenvalue weighted by atomic mass is 79.9. The summed E-state index contributed by atoms with van der Waals surface area (Å²) in [6.07, 6.45) is 13.6. The van der Waals surface area contributed by atoms with Crippen LogP contribution >= 0.6 is 31.9 Å². The molecule has 1 nitrogen and oxygen atoms in total. The van der Waals surface area contributed by atoms with E-state index in [1.165, 1.54) is 0 Å². The molecule has 0 radical (unpaired) electrons. The predicted molar refractivity (Wildman–Crippen MR) is 73.5 cm³/mol. The smallest absolute Gasteiger partial charge is 0.147 e. The van der Waals surface area contributed by atoms with Gasteiger partial charge in [-0.1, -0.05) is 68.3 Å². The van der Waals surface area contributed by atoms with Gasteiger partial charge in [0.1, 0.15) is 5.78 Å². The molecule has 0 aromatic heterocycles. The predicted octanol–water partition coefficient (Wildman–Crippen LogP) is 4.27. The summed E-state index contributed by atoms with van der Waals surface area (Å²) < 4.78 is 2.14. The lowest BCUT2D eigenvalue weighted by molar-refractivity contribution is -0.123. The van der Waals surface area contributed by atoms with Gasteiger partial charge in [0.2, 0.25) is 0 Å². The number of Topliss-reactive ketones (excluding diaryl/α,β-unsaturated/α-hetero) is 1. The molecule has 0 saturated heterocycles. The first-order chi connectivity index (χ1) is 7.66. The molecule has 0 heterocycles. The Morgan fingerprint density at radius 1 is 1.00 bits per heavy atom. The minimum atomic E-state index is 0.0428. The molecule has 0 aromatic carbocycles. The van der Waals surface area contributed by atoms with E-state index in [0.717, 1.165) is 21.8 Å². The fourth-order valence-electron chi connectivity index (χ4n) is 1.89. The van der Waals surface area contributed by atoms with Gasteiger partial charge in [0.15, 0.2) is 0 Å². The van der Waals surface area contributed by atoms with Gasteiger partial charge in [-0.05, 0) is 12.8 Å². The van der Waals surface area contributed by atoms with E-state index in [0.29, 0.717) is 5.78 Å². The van der Waals surface area contributed by atoms with Crippen molar-refractivity contribution in [2.45, 2.75) is 12.8 Å². The van der Waals surface area contributed by atoms with Crippen LogP contribution in [0.4, 0.5) is 0 Å². The summed E-state index contributed by atoms with van der Waals surface area (Å²) in [5.74, 6) is 0.405. The monoisotopic (exact) mass is 342 g/mol. The number of allylic oxidation sites excluding steroid dienone is 8. The van der Waals surface area contributed by atoms with E-state index in [4.69, 9.17) is 0 Å². The highest BCUT2D eigenvalue weighted by Gasteiger charge is 2.24. The number of halogens is 2. The Labute approximate surface area is 112 Å². The standard InChI is InChI=1S/C13H12Br2O/c14-11-5-1-9(2-6-11)13(16)10-3-7-12(15)8-4-10/h1,3,5-10H,2,4H2. The Balaban J connectivity index is 2.00. The maximum atomic E-state index is 12.2. The van der Waals surface area contributed by atoms with Crippen LogP contribution in [0, 0.1) is 11.8 Å². The van der Waals surface area contributed by atoms with E-state index >= 15 is 0 Å². The van der Waals surface area contributed by atoms with Crippen LogP contribution in [0.1, 0.15) is 12.8 Å². The molecule has 0 aliphatic heterocycles. The number of rotatable bonds is 2. The van der Waals surface area contributed by atoms with Gasteiger partial charge in [0.25, 0.3) is 0 Å². The van der Waals surface area contributed by atoms with Crippen LogP contribution in [0.3, 0.4) is 0 Å². The van der Waals surface area contributed by atoms with Crippen molar-refractivity contribution < 1.29 is 4.79 Å². The van der Waals surface area contributed by atoms with Gasteiger partial charge >= 0.3 is 0 Å². The van der Waals surface area contributed by atoms with Crippen molar-refractivity contribution in [1.29, 1.82) is 0 Å². The fourth-order valence-corrected chi connectivity index (χ4v) is 2.56. The summed E-state index contributed by atoms with van der Waals surface area (Å²) in [5.41, 5.74) is 0. The molecular weight excluding hydrogens is 332 g/mol. The van der Waals surface area contributed by atoms with Crippen molar-refractivity contribution in [1.82, 2.24) is 0 Å². The van der Waals surface area contributed by atoms with Crippen molar-refractivity contribution in [2.75, 3.05) is 0 Å². The molecular formula is C13H12Br2O. The van der Waals surface area contributed by atoms with Gasteiger partial charge < -0.3 is 0 Å². The Hall–Kier alpha value is -0.410. The van der Waals surface area contributed by atoms with E-state index in [-0.39, 0.29) is 11.8 Å². The molecule has 2 aliphatic carbocycles. The largest absolute Gasteiger partial charge is 0.298 e. The van der Waals surface area contributed by atoms with Gasteiger partial charge in [-0.3, -0.25) is 4.79 Å². The molecule has 0 N–H and O–H groups in total. The average Bonchev–Trinajstić information content (AvgIpc) is 2.30. The summed E-state index contributed by atoms with van der Waals surface area (Å²) >= 11 is 6.80. The summed E-state index contributed by atoms with van der Waals surface area (Å²) in [5, 5.41) is 0. The minimum absolute atomic E-state index is 0.0428. The maximum Gasteiger partial charge on any atom is 0.147 e. The van der Waals surface area contributed by atoms with Gasteiger partial charge in [0, 0.05) is 20.8 Å². The van der Waals surface area contributed by atoms with Gasteiger partial charge in [0.05, 0.1) is 0 Å². The van der Waals surface area contributed by atoms with Crippen molar-refractivity contribution in [3.63, 3.8) is 0 Å². The summed E-state index contributed by atoms with van der Waals surface area (Å²) in [6.45, 7) is 0. The van der Waals surface area contributed by atoms with E-state index in [2.05, 4.69) is 44.0 Å². The Bertz CT molecular complexity index is 378. The summed E-state index contributed by atoms with van der Waals surface area (Å²) in [6, 6.07) is 0. The Morgan fingerprint density at radius 3 is 1.75 bits per heavy atom. The highest BCUT2D eigenvalue weighted by Crippen LogP contribution is 2.27. The van der Waals surface area contributed by atoms with E-state index in [1.807, 2.05) is 24.3 Å². The van der Waals surface area contributed by atoms with Crippen molar-refractivity contribution >= 4 is 37.6 Å². The average molecular weight is 344 g/mol. The van der Waals surface area contributed by atoms with E-state index in [1.54, 1.807) is 0 Å². The van der Waals surface area contributed by atoms with Crippen molar-refractivity contribution in [3.8, 4) is 0 Å². The number of hydrogen-bond donors (Lipinski definition) is 0. The van der Waals surface area contributed by atoms with E-state index in [9.17, 15) is 4.79 Å². The second-order valence-corrected chi connectivity index (χ2v) is 5.81. The Kier molecular flexibility index (Phi) is 3.98. The third-order valence-electron chi connectivity index (χ3n) is 2.84. The molecule has 0 saturated carbocycles. The number of ketones is 1. The summed E-state index contributed by atoms with van der Waals surface area (Å²) in [7, 11) is 0. The van der Waals surface area contributed by atoms with Crippen LogP contribution in [-0.2, 0) is 4.79 Å². The first kappa shape index (κ1) is 12.1. The first-order valence-electron chi connectivity index (χ1n) is 5.28. The maximum absolute atomic E-state index is 12.2.